The molecule has 0 radical (unpaired) electrons. The average Bonchev–Trinajstić information content (AvgIpc) is 2.28. The van der Waals surface area contributed by atoms with E-state index in [2.05, 4.69) is 9.47 Å². The molecule has 0 aliphatic carbocycles. The molecule has 0 heterocycles. The van der Waals surface area contributed by atoms with Crippen LogP contribution in [-0.4, -0.2) is 24.4 Å². The molecule has 19 heavy (non-hydrogen) atoms. The Morgan fingerprint density at radius 2 is 2.00 bits per heavy atom. The van der Waals surface area contributed by atoms with Crippen LogP contribution in [0.15, 0.2) is 12.1 Å². The Hall–Kier alpha value is -2.03. The monoisotopic (exact) mass is 299 g/mol. The van der Waals surface area contributed by atoms with Gasteiger partial charge in [0.05, 0.1) is 17.1 Å². The van der Waals surface area contributed by atoms with Crippen LogP contribution in [0.1, 0.15) is 10.4 Å². The summed E-state index contributed by atoms with van der Waals surface area (Å²) in [4.78, 5) is 21.0. The standard InChI is InChI=1S/C9H5ClF3NO5/c1-18-8(15)4-2-7(19-9(11,12)13)5(10)3-6(4)14(16)17/h2-3H,1H3. The highest BCUT2D eigenvalue weighted by Gasteiger charge is 2.34. The lowest BCUT2D eigenvalue weighted by molar-refractivity contribution is -0.385. The van der Waals surface area contributed by atoms with Gasteiger partial charge in [0.25, 0.3) is 5.69 Å². The molecule has 0 saturated heterocycles. The van der Waals surface area contributed by atoms with Gasteiger partial charge in [-0.1, -0.05) is 11.6 Å². The van der Waals surface area contributed by atoms with E-state index in [0.29, 0.717) is 12.1 Å². The van der Waals surface area contributed by atoms with Crippen molar-refractivity contribution >= 4 is 23.3 Å². The summed E-state index contributed by atoms with van der Waals surface area (Å²) in [5.41, 5.74) is -1.48. The summed E-state index contributed by atoms with van der Waals surface area (Å²) in [5, 5.41) is 10.0. The van der Waals surface area contributed by atoms with Crippen molar-refractivity contribution in [2.75, 3.05) is 7.11 Å². The summed E-state index contributed by atoms with van der Waals surface area (Å²) in [5.74, 6) is -2.12. The molecule has 0 saturated carbocycles. The van der Waals surface area contributed by atoms with E-state index in [1.807, 2.05) is 0 Å². The maximum atomic E-state index is 12.1. The number of nitro benzene ring substituents is 1. The highest BCUT2D eigenvalue weighted by atomic mass is 35.5. The minimum absolute atomic E-state index is 0.500. The molecule has 0 amide bonds. The molecule has 0 unspecified atom stereocenters. The first-order chi connectivity index (χ1) is 8.65. The Bertz CT molecular complexity index is 531. The van der Waals surface area contributed by atoms with Crippen molar-refractivity contribution in [1.82, 2.24) is 0 Å². The van der Waals surface area contributed by atoms with E-state index in [4.69, 9.17) is 11.6 Å². The van der Waals surface area contributed by atoms with E-state index in [0.717, 1.165) is 7.11 Å². The summed E-state index contributed by atoms with van der Waals surface area (Å²) >= 11 is 5.42. The van der Waals surface area contributed by atoms with E-state index in [1.54, 1.807) is 0 Å². The Labute approximate surface area is 108 Å². The van der Waals surface area contributed by atoms with Gasteiger partial charge in [-0.2, -0.15) is 0 Å². The van der Waals surface area contributed by atoms with Crippen LogP contribution >= 0.6 is 11.6 Å². The van der Waals surface area contributed by atoms with Gasteiger partial charge in [-0.15, -0.1) is 13.2 Å². The van der Waals surface area contributed by atoms with Crippen molar-refractivity contribution in [2.24, 2.45) is 0 Å². The van der Waals surface area contributed by atoms with E-state index in [-0.39, 0.29) is 0 Å². The SMILES string of the molecule is COC(=O)c1cc(OC(F)(F)F)c(Cl)cc1[N+](=O)[O-]. The number of benzene rings is 1. The van der Waals surface area contributed by atoms with Crippen LogP contribution in [0.3, 0.4) is 0 Å². The average molecular weight is 300 g/mol. The number of nitro groups is 1. The first-order valence-electron chi connectivity index (χ1n) is 4.47. The van der Waals surface area contributed by atoms with Crippen molar-refractivity contribution in [2.45, 2.75) is 6.36 Å². The summed E-state index contributed by atoms with van der Waals surface area (Å²) in [7, 11) is 0.922. The number of hydrogen-bond acceptors (Lipinski definition) is 5. The fourth-order valence-electron chi connectivity index (χ4n) is 1.17. The van der Waals surface area contributed by atoms with Gasteiger partial charge in [-0.3, -0.25) is 10.1 Å². The molecule has 0 N–H and O–H groups in total. The van der Waals surface area contributed by atoms with Gasteiger partial charge >= 0.3 is 12.3 Å². The highest BCUT2D eigenvalue weighted by molar-refractivity contribution is 6.32. The second-order valence-corrected chi connectivity index (χ2v) is 3.50. The topological polar surface area (TPSA) is 78.7 Å². The molecule has 0 aromatic heterocycles. The second-order valence-electron chi connectivity index (χ2n) is 3.10. The minimum atomic E-state index is -5.05. The number of halogens is 4. The zero-order chi connectivity index (χ0) is 14.8. The van der Waals surface area contributed by atoms with Crippen LogP contribution in [0.5, 0.6) is 5.75 Å². The minimum Gasteiger partial charge on any atom is -0.465 e. The first kappa shape index (κ1) is 15.0. The summed E-state index contributed by atoms with van der Waals surface area (Å²) in [6.07, 6.45) is -5.05. The van der Waals surface area contributed by atoms with Crippen molar-refractivity contribution in [3.8, 4) is 5.75 Å². The fourth-order valence-corrected chi connectivity index (χ4v) is 1.37. The molecule has 0 atom stereocenters. The van der Waals surface area contributed by atoms with E-state index < -0.39 is 39.3 Å². The molecular weight excluding hydrogens is 295 g/mol. The molecular formula is C9H5ClF3NO5. The normalized spacial score (nSPS) is 11.0. The number of ether oxygens (including phenoxy) is 2. The quantitative estimate of drug-likeness (QED) is 0.487. The maximum Gasteiger partial charge on any atom is 0.573 e. The molecule has 0 aliphatic heterocycles. The third kappa shape index (κ3) is 3.71. The Morgan fingerprint density at radius 1 is 1.42 bits per heavy atom. The number of rotatable bonds is 3. The Kier molecular flexibility index (Phi) is 4.20. The summed E-state index contributed by atoms with van der Waals surface area (Å²) in [6.45, 7) is 0. The molecule has 1 aromatic carbocycles. The molecule has 10 heteroatoms. The van der Waals surface area contributed by atoms with Crippen LogP contribution in [-0.2, 0) is 4.74 Å². The highest BCUT2D eigenvalue weighted by Crippen LogP contribution is 2.35. The van der Waals surface area contributed by atoms with Gasteiger partial charge in [0.2, 0.25) is 0 Å². The molecule has 0 spiro atoms. The molecule has 6 nitrogen and oxygen atoms in total. The lowest BCUT2D eigenvalue weighted by atomic mass is 10.1. The first-order valence-corrected chi connectivity index (χ1v) is 4.85. The third-order valence-corrected chi connectivity index (χ3v) is 2.17. The van der Waals surface area contributed by atoms with Crippen molar-refractivity contribution < 1.29 is 32.4 Å². The maximum absolute atomic E-state index is 12.1. The number of esters is 1. The largest absolute Gasteiger partial charge is 0.573 e. The third-order valence-electron chi connectivity index (χ3n) is 1.88. The van der Waals surface area contributed by atoms with Gasteiger partial charge in [0.15, 0.2) is 0 Å². The molecule has 0 fully saturated rings. The molecule has 0 aliphatic rings. The van der Waals surface area contributed by atoms with Gasteiger partial charge in [0, 0.05) is 12.1 Å². The Morgan fingerprint density at radius 3 is 2.42 bits per heavy atom. The number of nitrogens with zero attached hydrogens (tertiary/aromatic N) is 1. The number of carbonyl (C=O) groups excluding carboxylic acids is 1. The number of methoxy groups -OCH3 is 1. The fraction of sp³-hybridized carbons (Fsp3) is 0.222. The summed E-state index contributed by atoms with van der Waals surface area (Å²) < 4.78 is 44.0. The van der Waals surface area contributed by atoms with E-state index >= 15 is 0 Å². The van der Waals surface area contributed by atoms with Crippen molar-refractivity contribution in [1.29, 1.82) is 0 Å². The van der Waals surface area contributed by atoms with Crippen molar-refractivity contribution in [3.63, 3.8) is 0 Å². The number of carbonyl (C=O) groups is 1. The molecule has 1 aromatic rings. The van der Waals surface area contributed by atoms with Gasteiger partial charge < -0.3 is 9.47 Å². The lowest BCUT2D eigenvalue weighted by Crippen LogP contribution is -2.18. The Balaban J connectivity index is 3.38. The van der Waals surface area contributed by atoms with Crippen LogP contribution in [0.4, 0.5) is 18.9 Å². The second kappa shape index (κ2) is 5.31. The molecule has 104 valence electrons. The lowest BCUT2D eigenvalue weighted by Gasteiger charge is -2.11. The van der Waals surface area contributed by atoms with E-state index in [9.17, 15) is 28.1 Å². The molecule has 0 bridgehead atoms. The van der Waals surface area contributed by atoms with Crippen LogP contribution < -0.4 is 4.74 Å². The van der Waals surface area contributed by atoms with E-state index in [1.165, 1.54) is 0 Å². The zero-order valence-electron chi connectivity index (χ0n) is 9.16. The predicted molar refractivity (Wildman–Crippen MR) is 56.1 cm³/mol. The smallest absolute Gasteiger partial charge is 0.465 e. The van der Waals surface area contributed by atoms with Crippen molar-refractivity contribution in [3.05, 3.63) is 32.8 Å². The van der Waals surface area contributed by atoms with Gasteiger partial charge in [0.1, 0.15) is 11.3 Å². The predicted octanol–water partition coefficient (Wildman–Crippen LogP) is 2.93. The molecule has 1 rings (SSSR count). The van der Waals surface area contributed by atoms with Crippen LogP contribution in [0.25, 0.3) is 0 Å². The van der Waals surface area contributed by atoms with Gasteiger partial charge in [-0.25, -0.2) is 4.79 Å². The number of alkyl halides is 3. The van der Waals surface area contributed by atoms with Crippen LogP contribution in [0, 0.1) is 10.1 Å². The van der Waals surface area contributed by atoms with Gasteiger partial charge in [-0.05, 0) is 0 Å². The zero-order valence-corrected chi connectivity index (χ0v) is 9.91. The summed E-state index contributed by atoms with van der Waals surface area (Å²) in [6, 6.07) is 1.08. The van der Waals surface area contributed by atoms with Crippen LogP contribution in [0.2, 0.25) is 5.02 Å². The number of hydrogen-bond donors (Lipinski definition) is 0.